The van der Waals surface area contributed by atoms with E-state index in [0.29, 0.717) is 25.1 Å². The van der Waals surface area contributed by atoms with Gasteiger partial charge in [-0.3, -0.25) is 20.0 Å². The molecule has 8 heteroatoms. The number of hydrogen-bond donors (Lipinski definition) is 2. The monoisotopic (exact) mass is 483 g/mol. The largest absolute Gasteiger partial charge is 0.504 e. The van der Waals surface area contributed by atoms with Gasteiger partial charge in [-0.1, -0.05) is 46.3 Å². The fourth-order valence-corrected chi connectivity index (χ4v) is 5.04. The van der Waals surface area contributed by atoms with Crippen molar-refractivity contribution in [1.82, 2.24) is 9.88 Å². The SMILES string of the molecule is O=[N+]([O-])[C@@H]1[C@@H](c2ccc(O)c(O)c2)N(Cc2cccnc2)CC[C@H]1c1ccccc1Br. The lowest BCUT2D eigenvalue weighted by atomic mass is 9.78. The van der Waals surface area contributed by atoms with E-state index in [9.17, 15) is 20.3 Å². The van der Waals surface area contributed by atoms with E-state index in [0.717, 1.165) is 15.6 Å². The predicted molar refractivity (Wildman–Crippen MR) is 119 cm³/mol. The topological polar surface area (TPSA) is 99.7 Å². The molecular weight excluding hydrogens is 462 g/mol. The van der Waals surface area contributed by atoms with Crippen LogP contribution in [0.4, 0.5) is 0 Å². The van der Waals surface area contributed by atoms with Gasteiger partial charge in [-0.05, 0) is 47.4 Å². The summed E-state index contributed by atoms with van der Waals surface area (Å²) in [5.41, 5.74) is 2.45. The number of aromatic nitrogens is 1. The van der Waals surface area contributed by atoms with Crippen LogP contribution in [0.5, 0.6) is 11.5 Å². The lowest BCUT2D eigenvalue weighted by Gasteiger charge is -2.41. The van der Waals surface area contributed by atoms with Gasteiger partial charge in [0.15, 0.2) is 11.5 Å². The van der Waals surface area contributed by atoms with Crippen molar-refractivity contribution < 1.29 is 15.1 Å². The second-order valence-electron chi connectivity index (χ2n) is 7.72. The minimum atomic E-state index is -0.937. The zero-order chi connectivity index (χ0) is 22.0. The van der Waals surface area contributed by atoms with Crippen molar-refractivity contribution in [2.75, 3.05) is 6.54 Å². The maximum Gasteiger partial charge on any atom is 0.239 e. The van der Waals surface area contributed by atoms with Crippen LogP contribution in [-0.2, 0) is 6.54 Å². The maximum atomic E-state index is 12.4. The summed E-state index contributed by atoms with van der Waals surface area (Å²) in [7, 11) is 0. The number of phenolic OH excluding ortho intramolecular Hbond substituents is 2. The first-order valence-corrected chi connectivity index (χ1v) is 10.8. The van der Waals surface area contributed by atoms with Crippen molar-refractivity contribution in [3.8, 4) is 11.5 Å². The summed E-state index contributed by atoms with van der Waals surface area (Å²) >= 11 is 3.56. The van der Waals surface area contributed by atoms with Gasteiger partial charge in [0.1, 0.15) is 6.04 Å². The van der Waals surface area contributed by atoms with E-state index < -0.39 is 12.1 Å². The molecule has 3 atom stereocenters. The molecule has 0 spiro atoms. The lowest BCUT2D eigenvalue weighted by molar-refractivity contribution is -0.540. The number of piperidine rings is 1. The van der Waals surface area contributed by atoms with Crippen LogP contribution in [0.2, 0.25) is 0 Å². The minimum absolute atomic E-state index is 0.214. The zero-order valence-electron chi connectivity index (χ0n) is 16.6. The van der Waals surface area contributed by atoms with Gasteiger partial charge >= 0.3 is 0 Å². The van der Waals surface area contributed by atoms with Gasteiger partial charge in [0.2, 0.25) is 6.04 Å². The highest BCUT2D eigenvalue weighted by molar-refractivity contribution is 9.10. The molecule has 2 aromatic carbocycles. The van der Waals surface area contributed by atoms with E-state index in [1.54, 1.807) is 18.5 Å². The third kappa shape index (κ3) is 4.40. The summed E-state index contributed by atoms with van der Waals surface area (Å²) in [5, 5.41) is 32.3. The Hall–Kier alpha value is -2.97. The Morgan fingerprint density at radius 3 is 2.61 bits per heavy atom. The molecular formula is C23H22BrN3O4. The van der Waals surface area contributed by atoms with E-state index in [-0.39, 0.29) is 22.3 Å². The Labute approximate surface area is 188 Å². The fourth-order valence-electron chi connectivity index (χ4n) is 4.46. The molecule has 2 N–H and O–H groups in total. The molecule has 0 unspecified atom stereocenters. The number of benzene rings is 2. The van der Waals surface area contributed by atoms with Gasteiger partial charge in [0.05, 0.1) is 5.92 Å². The van der Waals surface area contributed by atoms with Crippen molar-refractivity contribution in [1.29, 1.82) is 0 Å². The highest BCUT2D eigenvalue weighted by Gasteiger charge is 2.48. The van der Waals surface area contributed by atoms with Crippen LogP contribution in [-0.4, -0.2) is 37.6 Å². The van der Waals surface area contributed by atoms with E-state index in [4.69, 9.17) is 0 Å². The first kappa shape index (κ1) is 21.3. The quantitative estimate of drug-likeness (QED) is 0.311. The smallest absolute Gasteiger partial charge is 0.239 e. The molecule has 0 saturated carbocycles. The van der Waals surface area contributed by atoms with E-state index in [2.05, 4.69) is 25.8 Å². The molecule has 1 aromatic heterocycles. The van der Waals surface area contributed by atoms with Crippen LogP contribution in [0.1, 0.15) is 35.1 Å². The van der Waals surface area contributed by atoms with Gasteiger partial charge in [0, 0.05) is 34.9 Å². The lowest BCUT2D eigenvalue weighted by Crippen LogP contribution is -2.48. The van der Waals surface area contributed by atoms with Crippen LogP contribution in [0.15, 0.2) is 71.5 Å². The summed E-state index contributed by atoms with van der Waals surface area (Å²) in [4.78, 5) is 18.4. The minimum Gasteiger partial charge on any atom is -0.504 e. The molecule has 2 heterocycles. The number of rotatable bonds is 5. The fraction of sp³-hybridized carbons (Fsp3) is 0.261. The van der Waals surface area contributed by atoms with E-state index in [1.165, 1.54) is 12.1 Å². The normalized spacial score (nSPS) is 21.6. The van der Waals surface area contributed by atoms with Gasteiger partial charge in [0.25, 0.3) is 0 Å². The third-order valence-electron chi connectivity index (χ3n) is 5.85. The number of hydrogen-bond acceptors (Lipinski definition) is 6. The molecule has 1 saturated heterocycles. The molecule has 3 aromatic rings. The first-order valence-electron chi connectivity index (χ1n) is 9.98. The van der Waals surface area contributed by atoms with Crippen molar-refractivity contribution >= 4 is 15.9 Å². The van der Waals surface area contributed by atoms with Gasteiger partial charge in [-0.2, -0.15) is 0 Å². The van der Waals surface area contributed by atoms with Crippen LogP contribution >= 0.6 is 15.9 Å². The second kappa shape index (κ2) is 9.03. The molecule has 0 radical (unpaired) electrons. The number of nitro groups is 1. The van der Waals surface area contributed by atoms with Gasteiger partial charge < -0.3 is 10.2 Å². The standard InChI is InChI=1S/C23H22BrN3O4/c24-19-6-2-1-5-17(19)18-9-11-26(14-15-4-3-10-25-13-15)22(23(18)27(30)31)16-7-8-20(28)21(29)12-16/h1-8,10,12-13,18,22-23,28-29H,9,11,14H2/t18-,22+,23-/m0/s1. The summed E-state index contributed by atoms with van der Waals surface area (Å²) in [6.07, 6.45) is 4.07. The molecule has 0 amide bonds. The maximum absolute atomic E-state index is 12.4. The zero-order valence-corrected chi connectivity index (χ0v) is 18.2. The molecule has 31 heavy (non-hydrogen) atoms. The molecule has 0 bridgehead atoms. The van der Waals surface area contributed by atoms with Crippen molar-refractivity contribution in [2.45, 2.75) is 31.0 Å². The number of aromatic hydroxyl groups is 2. The number of likely N-dealkylation sites (tertiary alicyclic amines) is 1. The Morgan fingerprint density at radius 1 is 1.13 bits per heavy atom. The summed E-state index contributed by atoms with van der Waals surface area (Å²) in [6.45, 7) is 1.13. The highest BCUT2D eigenvalue weighted by atomic mass is 79.9. The Kier molecular flexibility index (Phi) is 6.20. The van der Waals surface area contributed by atoms with E-state index in [1.807, 2.05) is 36.4 Å². The number of nitrogens with zero attached hydrogens (tertiary/aromatic N) is 3. The number of phenols is 2. The highest BCUT2D eigenvalue weighted by Crippen LogP contribution is 2.44. The summed E-state index contributed by atoms with van der Waals surface area (Å²) in [5.74, 6) is -0.848. The van der Waals surface area contributed by atoms with Crippen LogP contribution in [0.25, 0.3) is 0 Å². The van der Waals surface area contributed by atoms with Crippen molar-refractivity contribution in [2.24, 2.45) is 0 Å². The number of pyridine rings is 1. The molecule has 7 nitrogen and oxygen atoms in total. The molecule has 1 fully saturated rings. The molecule has 1 aliphatic heterocycles. The molecule has 4 rings (SSSR count). The molecule has 0 aliphatic carbocycles. The average Bonchev–Trinajstić information content (AvgIpc) is 2.76. The van der Waals surface area contributed by atoms with Crippen LogP contribution < -0.4 is 0 Å². The second-order valence-corrected chi connectivity index (χ2v) is 8.57. The Bertz CT molecular complexity index is 1080. The molecule has 1 aliphatic rings. The van der Waals surface area contributed by atoms with Crippen LogP contribution in [0, 0.1) is 10.1 Å². The number of halogens is 1. The van der Waals surface area contributed by atoms with Gasteiger partial charge in [-0.25, -0.2) is 0 Å². The van der Waals surface area contributed by atoms with Gasteiger partial charge in [-0.15, -0.1) is 0 Å². The Balaban J connectivity index is 1.80. The Morgan fingerprint density at radius 2 is 1.94 bits per heavy atom. The van der Waals surface area contributed by atoms with Crippen molar-refractivity contribution in [3.05, 3.63) is 98.3 Å². The summed E-state index contributed by atoms with van der Waals surface area (Å²) < 4.78 is 0.847. The molecule has 160 valence electrons. The third-order valence-corrected chi connectivity index (χ3v) is 6.58. The predicted octanol–water partition coefficient (Wildman–Crippen LogP) is 4.63. The summed E-state index contributed by atoms with van der Waals surface area (Å²) in [6, 6.07) is 14.3. The first-order chi connectivity index (χ1) is 15.0. The average molecular weight is 484 g/mol. The van der Waals surface area contributed by atoms with Crippen molar-refractivity contribution in [3.63, 3.8) is 0 Å². The van der Waals surface area contributed by atoms with Crippen LogP contribution in [0.3, 0.4) is 0 Å². The van der Waals surface area contributed by atoms with E-state index >= 15 is 0 Å².